The molecule has 1 aliphatic rings. The second kappa shape index (κ2) is 7.05. The van der Waals surface area contributed by atoms with E-state index in [9.17, 15) is 22.8 Å². The highest BCUT2D eigenvalue weighted by molar-refractivity contribution is 5.96. The lowest BCUT2D eigenvalue weighted by Crippen LogP contribution is -2.38. The minimum Gasteiger partial charge on any atom is -0.461 e. The number of amides is 2. The van der Waals surface area contributed by atoms with Gasteiger partial charge in [0.2, 0.25) is 0 Å². The number of carbonyl (C=O) groups is 2. The van der Waals surface area contributed by atoms with Crippen molar-refractivity contribution in [1.29, 1.82) is 0 Å². The molecule has 0 bridgehead atoms. The molecular formula is C16H18F3N5O3. The number of fused-ring (bicyclic) bond motifs is 1. The molecule has 2 aromatic rings. The van der Waals surface area contributed by atoms with Gasteiger partial charge in [0, 0.05) is 24.8 Å². The Hall–Kier alpha value is -2.85. The summed E-state index contributed by atoms with van der Waals surface area (Å²) < 4.78 is 44.4. The molecule has 3 rings (SSSR count). The maximum absolute atomic E-state index is 12.6. The van der Waals surface area contributed by atoms with Gasteiger partial charge in [0.05, 0.1) is 6.61 Å². The minimum absolute atomic E-state index is 0.00723. The summed E-state index contributed by atoms with van der Waals surface area (Å²) in [5, 5.41) is 0. The maximum Gasteiger partial charge on any atom is 0.406 e. The van der Waals surface area contributed by atoms with Crippen LogP contribution in [0, 0.1) is 0 Å². The number of carbonyl (C=O) groups excluding carboxylic acids is 2. The summed E-state index contributed by atoms with van der Waals surface area (Å²) in [5.41, 5.74) is 0.900. The average Bonchev–Trinajstić information content (AvgIpc) is 3.17. The third-order valence-corrected chi connectivity index (χ3v) is 4.14. The van der Waals surface area contributed by atoms with Gasteiger partial charge in [-0.1, -0.05) is 6.92 Å². The topological polar surface area (TPSA) is 80.0 Å². The van der Waals surface area contributed by atoms with E-state index in [2.05, 4.69) is 9.97 Å². The Labute approximate surface area is 152 Å². The highest BCUT2D eigenvalue weighted by Crippen LogP contribution is 2.25. The van der Waals surface area contributed by atoms with E-state index < -0.39 is 24.7 Å². The summed E-state index contributed by atoms with van der Waals surface area (Å²) in [6, 6.07) is 0.835. The van der Waals surface area contributed by atoms with Gasteiger partial charge in [-0.25, -0.2) is 19.6 Å². The molecule has 1 aliphatic heterocycles. The third kappa shape index (κ3) is 3.67. The Kier molecular flexibility index (Phi) is 4.94. The van der Waals surface area contributed by atoms with Crippen molar-refractivity contribution in [2.75, 3.05) is 31.1 Å². The van der Waals surface area contributed by atoms with Crippen LogP contribution in [0.5, 0.6) is 0 Å². The molecule has 0 atom stereocenters. The van der Waals surface area contributed by atoms with E-state index >= 15 is 0 Å². The van der Waals surface area contributed by atoms with Crippen LogP contribution < -0.4 is 4.90 Å². The Balaban J connectivity index is 1.99. The largest absolute Gasteiger partial charge is 0.461 e. The number of anilines is 1. The van der Waals surface area contributed by atoms with Crippen molar-refractivity contribution in [3.8, 4) is 0 Å². The summed E-state index contributed by atoms with van der Waals surface area (Å²) in [4.78, 5) is 34.7. The summed E-state index contributed by atoms with van der Waals surface area (Å²) in [6.07, 6.45) is -2.50. The number of halogens is 3. The zero-order chi connectivity index (χ0) is 19.8. The minimum atomic E-state index is -4.47. The van der Waals surface area contributed by atoms with Crippen LogP contribution in [-0.2, 0) is 11.2 Å². The predicted molar refractivity (Wildman–Crippen MR) is 88.7 cm³/mol. The van der Waals surface area contributed by atoms with Gasteiger partial charge in [-0.2, -0.15) is 13.2 Å². The van der Waals surface area contributed by atoms with E-state index in [0.29, 0.717) is 12.1 Å². The van der Waals surface area contributed by atoms with Gasteiger partial charge in [0.15, 0.2) is 11.3 Å². The van der Waals surface area contributed by atoms with Gasteiger partial charge in [0.1, 0.15) is 18.7 Å². The molecule has 0 unspecified atom stereocenters. The van der Waals surface area contributed by atoms with Gasteiger partial charge in [-0.15, -0.1) is 0 Å². The molecule has 1 fully saturated rings. The number of aryl methyl sites for hydroxylation is 1. The van der Waals surface area contributed by atoms with Crippen molar-refractivity contribution in [2.24, 2.45) is 0 Å². The standard InChI is InChI=1S/C16H18F3N5O3/c1-3-10-7-11(23-6-5-22(15(23)26)8-16(17,18)19)21-13-12(14(25)27-4-2)20-9-24(10)13/h7,9H,3-6,8H2,1-2H3. The maximum atomic E-state index is 12.6. The lowest BCUT2D eigenvalue weighted by atomic mass is 10.3. The van der Waals surface area contributed by atoms with Crippen LogP contribution in [-0.4, -0.2) is 63.7 Å². The van der Waals surface area contributed by atoms with Crippen LogP contribution in [0.1, 0.15) is 30.0 Å². The Morgan fingerprint density at radius 2 is 2.04 bits per heavy atom. The second-order valence-electron chi connectivity index (χ2n) is 5.94. The molecule has 8 nitrogen and oxygen atoms in total. The van der Waals surface area contributed by atoms with E-state index in [4.69, 9.17) is 4.74 Å². The molecule has 2 amide bonds. The summed E-state index contributed by atoms with van der Waals surface area (Å²) in [7, 11) is 0. The molecule has 146 valence electrons. The fourth-order valence-electron chi connectivity index (χ4n) is 2.93. The van der Waals surface area contributed by atoms with Crippen molar-refractivity contribution in [1.82, 2.24) is 19.3 Å². The molecule has 1 saturated heterocycles. The molecule has 0 aromatic carbocycles. The SMILES string of the molecule is CCOC(=O)c1ncn2c(CC)cc(N3CCN(CC(F)(F)F)C3=O)nc12. The van der Waals surface area contributed by atoms with E-state index in [1.54, 1.807) is 17.4 Å². The Morgan fingerprint density at radius 3 is 2.67 bits per heavy atom. The fraction of sp³-hybridized carbons (Fsp3) is 0.500. The normalized spacial score (nSPS) is 15.1. The Bertz CT molecular complexity index is 880. The van der Waals surface area contributed by atoms with Crippen molar-refractivity contribution >= 4 is 23.5 Å². The van der Waals surface area contributed by atoms with Gasteiger partial charge >= 0.3 is 18.2 Å². The zero-order valence-corrected chi connectivity index (χ0v) is 14.8. The quantitative estimate of drug-likeness (QED) is 0.738. The van der Waals surface area contributed by atoms with E-state index in [-0.39, 0.29) is 36.9 Å². The molecule has 3 heterocycles. The van der Waals surface area contributed by atoms with Gasteiger partial charge in [0.25, 0.3) is 0 Å². The van der Waals surface area contributed by atoms with Crippen LogP contribution in [0.4, 0.5) is 23.8 Å². The third-order valence-electron chi connectivity index (χ3n) is 4.14. The van der Waals surface area contributed by atoms with Crippen LogP contribution in [0.2, 0.25) is 0 Å². The summed E-state index contributed by atoms with van der Waals surface area (Å²) in [5.74, 6) is -0.474. The van der Waals surface area contributed by atoms with E-state index in [0.717, 1.165) is 4.90 Å². The lowest BCUT2D eigenvalue weighted by molar-refractivity contribution is -0.138. The highest BCUT2D eigenvalue weighted by atomic mass is 19.4. The number of hydrogen-bond donors (Lipinski definition) is 0. The molecule has 0 N–H and O–H groups in total. The molecular weight excluding hydrogens is 367 g/mol. The first-order valence-corrected chi connectivity index (χ1v) is 8.42. The number of ether oxygens (including phenoxy) is 1. The molecule has 2 aromatic heterocycles. The lowest BCUT2D eigenvalue weighted by Gasteiger charge is -2.20. The van der Waals surface area contributed by atoms with Crippen molar-refractivity contribution < 1.29 is 27.5 Å². The van der Waals surface area contributed by atoms with Crippen LogP contribution in [0.25, 0.3) is 5.65 Å². The molecule has 0 spiro atoms. The van der Waals surface area contributed by atoms with E-state index in [1.807, 2.05) is 6.92 Å². The number of esters is 1. The monoisotopic (exact) mass is 385 g/mol. The number of imidazole rings is 1. The average molecular weight is 385 g/mol. The van der Waals surface area contributed by atoms with Gasteiger partial charge < -0.3 is 9.64 Å². The number of urea groups is 1. The first-order valence-electron chi connectivity index (χ1n) is 8.42. The molecule has 11 heteroatoms. The molecule has 0 saturated carbocycles. The fourth-order valence-corrected chi connectivity index (χ4v) is 2.93. The first kappa shape index (κ1) is 18.9. The van der Waals surface area contributed by atoms with E-state index in [1.165, 1.54) is 11.2 Å². The van der Waals surface area contributed by atoms with Crippen LogP contribution >= 0.6 is 0 Å². The van der Waals surface area contributed by atoms with Gasteiger partial charge in [-0.3, -0.25) is 9.30 Å². The number of rotatable bonds is 5. The smallest absolute Gasteiger partial charge is 0.406 e. The van der Waals surface area contributed by atoms with Crippen molar-refractivity contribution in [3.63, 3.8) is 0 Å². The first-order chi connectivity index (χ1) is 12.7. The molecule has 27 heavy (non-hydrogen) atoms. The number of hydrogen-bond acceptors (Lipinski definition) is 5. The molecule has 0 aliphatic carbocycles. The summed E-state index contributed by atoms with van der Waals surface area (Å²) >= 11 is 0. The van der Waals surface area contributed by atoms with Crippen LogP contribution in [0.3, 0.4) is 0 Å². The van der Waals surface area contributed by atoms with Crippen molar-refractivity contribution in [2.45, 2.75) is 26.4 Å². The molecule has 0 radical (unpaired) electrons. The van der Waals surface area contributed by atoms with Crippen LogP contribution in [0.15, 0.2) is 12.4 Å². The Morgan fingerprint density at radius 1 is 1.30 bits per heavy atom. The number of alkyl halides is 3. The van der Waals surface area contributed by atoms with Crippen molar-refractivity contribution in [3.05, 3.63) is 23.8 Å². The number of nitrogens with zero attached hydrogens (tertiary/aromatic N) is 5. The zero-order valence-electron chi connectivity index (χ0n) is 14.8. The number of aromatic nitrogens is 3. The summed E-state index contributed by atoms with van der Waals surface area (Å²) in [6.45, 7) is 2.39. The highest BCUT2D eigenvalue weighted by Gasteiger charge is 2.39. The van der Waals surface area contributed by atoms with Gasteiger partial charge in [-0.05, 0) is 13.3 Å². The second-order valence-corrected chi connectivity index (χ2v) is 5.94. The predicted octanol–water partition coefficient (Wildman–Crippen LogP) is 2.27.